The topological polar surface area (TPSA) is 28.2 Å². The van der Waals surface area contributed by atoms with E-state index in [2.05, 4.69) is 53.4 Å². The Hall–Kier alpha value is -2.03. The van der Waals surface area contributed by atoms with Crippen LogP contribution in [0.15, 0.2) is 48.5 Å². The number of hydrogen-bond acceptors (Lipinski definition) is 3. The molecule has 0 aliphatic carbocycles. The van der Waals surface area contributed by atoms with Crippen molar-refractivity contribution in [2.45, 2.75) is 13.5 Å². The van der Waals surface area contributed by atoms with E-state index in [4.69, 9.17) is 0 Å². The van der Waals surface area contributed by atoms with Crippen molar-refractivity contribution in [3.63, 3.8) is 0 Å². The molecule has 1 N–H and O–H groups in total. The molecule has 2 rings (SSSR count). The zero-order chi connectivity index (χ0) is 12.8. The summed E-state index contributed by atoms with van der Waals surface area (Å²) in [6.07, 6.45) is 0. The average molecular weight is 241 g/mol. The molecular formula is C15H19N3. The van der Waals surface area contributed by atoms with Crippen LogP contribution in [0.1, 0.15) is 12.5 Å². The number of benzene rings is 1. The molecule has 0 amide bonds. The first-order valence-electron chi connectivity index (χ1n) is 6.25. The van der Waals surface area contributed by atoms with Crippen molar-refractivity contribution >= 4 is 11.6 Å². The lowest BCUT2D eigenvalue weighted by Crippen LogP contribution is -2.18. The van der Waals surface area contributed by atoms with Crippen molar-refractivity contribution in [2.24, 2.45) is 0 Å². The summed E-state index contributed by atoms with van der Waals surface area (Å²) in [5.41, 5.74) is 1.29. The van der Waals surface area contributed by atoms with Crippen molar-refractivity contribution in [3.05, 3.63) is 54.1 Å². The Balaban J connectivity index is 2.08. The molecule has 1 heterocycles. The molecule has 0 unspecified atom stereocenters. The fourth-order valence-electron chi connectivity index (χ4n) is 1.85. The Morgan fingerprint density at radius 1 is 1.06 bits per heavy atom. The third-order valence-corrected chi connectivity index (χ3v) is 2.75. The largest absolute Gasteiger partial charge is 0.370 e. The molecule has 2 aromatic rings. The van der Waals surface area contributed by atoms with Gasteiger partial charge in [0.25, 0.3) is 0 Å². The van der Waals surface area contributed by atoms with Crippen LogP contribution in [0.25, 0.3) is 0 Å². The Morgan fingerprint density at radius 2 is 1.83 bits per heavy atom. The third kappa shape index (κ3) is 3.23. The number of nitrogens with zero attached hydrogens (tertiary/aromatic N) is 2. The summed E-state index contributed by atoms with van der Waals surface area (Å²) in [5, 5.41) is 3.23. The molecule has 94 valence electrons. The average Bonchev–Trinajstić information content (AvgIpc) is 2.40. The van der Waals surface area contributed by atoms with Gasteiger partial charge in [-0.05, 0) is 24.6 Å². The van der Waals surface area contributed by atoms with Gasteiger partial charge in [-0.25, -0.2) is 4.98 Å². The van der Waals surface area contributed by atoms with E-state index in [1.807, 2.05) is 24.3 Å². The quantitative estimate of drug-likeness (QED) is 0.871. The van der Waals surface area contributed by atoms with E-state index >= 15 is 0 Å². The van der Waals surface area contributed by atoms with Crippen LogP contribution >= 0.6 is 0 Å². The minimum absolute atomic E-state index is 0.865. The predicted molar refractivity (Wildman–Crippen MR) is 76.9 cm³/mol. The standard InChI is InChI=1S/C15H19N3/c1-3-16-14-10-7-11-15(17-14)18(2)12-13-8-5-4-6-9-13/h4-11H,3,12H2,1-2H3,(H,16,17). The molecule has 0 aliphatic heterocycles. The van der Waals surface area contributed by atoms with Crippen molar-refractivity contribution in [3.8, 4) is 0 Å². The number of pyridine rings is 1. The molecule has 0 fully saturated rings. The lowest BCUT2D eigenvalue weighted by molar-refractivity contribution is 0.897. The van der Waals surface area contributed by atoms with Gasteiger partial charge in [0.15, 0.2) is 0 Å². The van der Waals surface area contributed by atoms with Crippen molar-refractivity contribution < 1.29 is 0 Å². The molecule has 0 saturated carbocycles. The Morgan fingerprint density at radius 3 is 2.56 bits per heavy atom. The maximum Gasteiger partial charge on any atom is 0.130 e. The molecule has 0 bridgehead atoms. The van der Waals surface area contributed by atoms with Crippen LogP contribution < -0.4 is 10.2 Å². The highest BCUT2D eigenvalue weighted by atomic mass is 15.2. The van der Waals surface area contributed by atoms with Gasteiger partial charge in [0.05, 0.1) is 0 Å². The Bertz CT molecular complexity index is 482. The molecule has 0 saturated heterocycles. The zero-order valence-corrected chi connectivity index (χ0v) is 10.9. The minimum atomic E-state index is 0.865. The van der Waals surface area contributed by atoms with Crippen LogP contribution in [-0.2, 0) is 6.54 Å². The molecule has 0 aliphatic rings. The van der Waals surface area contributed by atoms with Gasteiger partial charge in [-0.15, -0.1) is 0 Å². The Labute approximate surface area is 108 Å². The van der Waals surface area contributed by atoms with E-state index in [-0.39, 0.29) is 0 Å². The molecular weight excluding hydrogens is 222 g/mol. The van der Waals surface area contributed by atoms with Crippen molar-refractivity contribution in [1.29, 1.82) is 0 Å². The summed E-state index contributed by atoms with van der Waals surface area (Å²) >= 11 is 0. The minimum Gasteiger partial charge on any atom is -0.370 e. The molecule has 18 heavy (non-hydrogen) atoms. The molecule has 0 radical (unpaired) electrons. The maximum absolute atomic E-state index is 4.57. The van der Waals surface area contributed by atoms with E-state index < -0.39 is 0 Å². The SMILES string of the molecule is CCNc1cccc(N(C)Cc2ccccc2)n1. The maximum atomic E-state index is 4.57. The zero-order valence-electron chi connectivity index (χ0n) is 10.9. The van der Waals surface area contributed by atoms with Crippen molar-refractivity contribution in [2.75, 3.05) is 23.8 Å². The third-order valence-electron chi connectivity index (χ3n) is 2.75. The smallest absolute Gasteiger partial charge is 0.130 e. The van der Waals surface area contributed by atoms with Gasteiger partial charge in [0.2, 0.25) is 0 Å². The van der Waals surface area contributed by atoms with Gasteiger partial charge in [0.1, 0.15) is 11.6 Å². The highest BCUT2D eigenvalue weighted by Crippen LogP contribution is 2.15. The fraction of sp³-hybridized carbons (Fsp3) is 0.267. The highest BCUT2D eigenvalue weighted by Gasteiger charge is 2.03. The van der Waals surface area contributed by atoms with Gasteiger partial charge in [0, 0.05) is 20.1 Å². The highest BCUT2D eigenvalue weighted by molar-refractivity contribution is 5.46. The van der Waals surface area contributed by atoms with Crippen LogP contribution in [0.4, 0.5) is 11.6 Å². The second-order valence-corrected chi connectivity index (χ2v) is 4.25. The monoisotopic (exact) mass is 241 g/mol. The lowest BCUT2D eigenvalue weighted by Gasteiger charge is -2.19. The summed E-state index contributed by atoms with van der Waals surface area (Å²) in [6, 6.07) is 16.5. The number of hydrogen-bond donors (Lipinski definition) is 1. The second kappa shape index (κ2) is 6.05. The number of anilines is 2. The summed E-state index contributed by atoms with van der Waals surface area (Å²) in [7, 11) is 2.06. The molecule has 0 spiro atoms. The first-order chi connectivity index (χ1) is 8.79. The predicted octanol–water partition coefficient (Wildman–Crippen LogP) is 3.15. The van der Waals surface area contributed by atoms with E-state index in [9.17, 15) is 0 Å². The van der Waals surface area contributed by atoms with Gasteiger partial charge >= 0.3 is 0 Å². The van der Waals surface area contributed by atoms with Gasteiger partial charge < -0.3 is 10.2 Å². The second-order valence-electron chi connectivity index (χ2n) is 4.25. The summed E-state index contributed by atoms with van der Waals surface area (Å²) in [5.74, 6) is 1.91. The van der Waals surface area contributed by atoms with Gasteiger partial charge in [-0.1, -0.05) is 36.4 Å². The molecule has 3 heteroatoms. The van der Waals surface area contributed by atoms with Crippen LogP contribution in [0, 0.1) is 0 Å². The lowest BCUT2D eigenvalue weighted by atomic mass is 10.2. The molecule has 3 nitrogen and oxygen atoms in total. The Kier molecular flexibility index (Phi) is 4.18. The molecule has 1 aromatic carbocycles. The number of aromatic nitrogens is 1. The van der Waals surface area contributed by atoms with E-state index in [0.29, 0.717) is 0 Å². The first kappa shape index (κ1) is 12.4. The van der Waals surface area contributed by atoms with E-state index in [0.717, 1.165) is 24.7 Å². The van der Waals surface area contributed by atoms with E-state index in [1.165, 1.54) is 5.56 Å². The summed E-state index contributed by atoms with van der Waals surface area (Å²) < 4.78 is 0. The number of nitrogens with one attached hydrogen (secondary N) is 1. The fourth-order valence-corrected chi connectivity index (χ4v) is 1.85. The van der Waals surface area contributed by atoms with Gasteiger partial charge in [-0.2, -0.15) is 0 Å². The normalized spacial score (nSPS) is 10.1. The van der Waals surface area contributed by atoms with Crippen LogP contribution in [0.3, 0.4) is 0 Å². The summed E-state index contributed by atoms with van der Waals surface area (Å²) in [6.45, 7) is 3.82. The number of rotatable bonds is 5. The summed E-state index contributed by atoms with van der Waals surface area (Å²) in [4.78, 5) is 6.72. The van der Waals surface area contributed by atoms with Crippen molar-refractivity contribution in [1.82, 2.24) is 4.98 Å². The van der Waals surface area contributed by atoms with Crippen LogP contribution in [-0.4, -0.2) is 18.6 Å². The van der Waals surface area contributed by atoms with Crippen LogP contribution in [0.5, 0.6) is 0 Å². The van der Waals surface area contributed by atoms with Gasteiger partial charge in [-0.3, -0.25) is 0 Å². The van der Waals surface area contributed by atoms with E-state index in [1.54, 1.807) is 0 Å². The first-order valence-corrected chi connectivity index (χ1v) is 6.25. The molecule has 0 atom stereocenters. The molecule has 1 aromatic heterocycles. The van der Waals surface area contributed by atoms with Crippen LogP contribution in [0.2, 0.25) is 0 Å².